The van der Waals surface area contributed by atoms with Gasteiger partial charge < -0.3 is 15.2 Å². The number of aromatic hydroxyl groups is 1. The molecule has 0 bridgehead atoms. The first kappa shape index (κ1) is 21.2. The van der Waals surface area contributed by atoms with E-state index in [-0.39, 0.29) is 24.4 Å². The van der Waals surface area contributed by atoms with E-state index in [1.807, 2.05) is 0 Å². The molecule has 1 aromatic carbocycles. The Kier molecular flexibility index (Phi) is 5.37. The Morgan fingerprint density at radius 1 is 1.45 bits per heavy atom. The van der Waals surface area contributed by atoms with Gasteiger partial charge in [0.25, 0.3) is 5.91 Å². The van der Waals surface area contributed by atoms with Gasteiger partial charge in [0.05, 0.1) is 0 Å². The molecule has 1 aromatic rings. The van der Waals surface area contributed by atoms with Crippen LogP contribution in [0.15, 0.2) is 6.07 Å². The van der Waals surface area contributed by atoms with E-state index >= 15 is 4.39 Å². The zero-order valence-corrected chi connectivity index (χ0v) is 17.2. The Morgan fingerprint density at radius 2 is 2.14 bits per heavy atom. The molecule has 1 heterocycles. The minimum absolute atomic E-state index is 0.0862. The lowest BCUT2D eigenvalue weighted by atomic mass is 9.83. The van der Waals surface area contributed by atoms with Crippen LogP contribution in [0.4, 0.5) is 14.9 Å². The number of anilines is 1. The monoisotopic (exact) mass is 429 g/mol. The standard InChI is InChI=1S/C18H24FN3O6S/c1-18(2,3)28-17(25)20-8-10-4-5-11-7-13(23)16(15(19)12(11)6-10)22-9-14(24)21-29(22,26)27/h7,10,23H,4-6,8-9H2,1-3H3,(H,20,25)(H,21,24). The lowest BCUT2D eigenvalue weighted by Gasteiger charge is -2.28. The predicted octanol–water partition coefficient (Wildman–Crippen LogP) is 1.34. The Balaban J connectivity index is 1.80. The maximum Gasteiger partial charge on any atom is 0.407 e. The molecule has 1 unspecified atom stereocenters. The second-order valence-corrected chi connectivity index (χ2v) is 9.82. The minimum Gasteiger partial charge on any atom is -0.506 e. The third-order valence-electron chi connectivity index (χ3n) is 4.73. The first-order valence-electron chi connectivity index (χ1n) is 9.21. The zero-order valence-electron chi connectivity index (χ0n) is 16.4. The fourth-order valence-electron chi connectivity index (χ4n) is 3.51. The number of hydrogen-bond acceptors (Lipinski definition) is 6. The summed E-state index contributed by atoms with van der Waals surface area (Å²) in [4.78, 5) is 23.3. The molecule has 1 fully saturated rings. The van der Waals surface area contributed by atoms with E-state index in [9.17, 15) is 23.1 Å². The molecule has 1 saturated heterocycles. The van der Waals surface area contributed by atoms with Crippen molar-refractivity contribution in [1.82, 2.24) is 10.0 Å². The quantitative estimate of drug-likeness (QED) is 0.666. The highest BCUT2D eigenvalue weighted by Gasteiger charge is 2.39. The van der Waals surface area contributed by atoms with Crippen molar-refractivity contribution >= 4 is 27.9 Å². The number of carbonyl (C=O) groups is 2. The van der Waals surface area contributed by atoms with Crippen molar-refractivity contribution in [1.29, 1.82) is 0 Å². The average molecular weight is 429 g/mol. The molecule has 0 aromatic heterocycles. The normalized spacial score (nSPS) is 20.8. The molecule has 9 nitrogen and oxygen atoms in total. The number of nitrogens with zero attached hydrogens (tertiary/aromatic N) is 1. The van der Waals surface area contributed by atoms with Crippen LogP contribution in [0.25, 0.3) is 0 Å². The van der Waals surface area contributed by atoms with E-state index in [2.05, 4.69) is 5.32 Å². The topological polar surface area (TPSA) is 125 Å². The van der Waals surface area contributed by atoms with Gasteiger partial charge in [-0.2, -0.15) is 8.42 Å². The van der Waals surface area contributed by atoms with E-state index in [0.29, 0.717) is 22.7 Å². The number of hydrogen-bond donors (Lipinski definition) is 3. The summed E-state index contributed by atoms with van der Waals surface area (Å²) in [6.45, 7) is 4.91. The molecule has 29 heavy (non-hydrogen) atoms. The summed E-state index contributed by atoms with van der Waals surface area (Å²) in [5.74, 6) is -2.30. The molecule has 3 rings (SSSR count). The lowest BCUT2D eigenvalue weighted by molar-refractivity contribution is -0.117. The number of amides is 2. The summed E-state index contributed by atoms with van der Waals surface area (Å²) >= 11 is 0. The van der Waals surface area contributed by atoms with Crippen LogP contribution < -0.4 is 14.3 Å². The largest absolute Gasteiger partial charge is 0.506 e. The summed E-state index contributed by atoms with van der Waals surface area (Å²) in [6.07, 6.45) is 0.802. The summed E-state index contributed by atoms with van der Waals surface area (Å²) < 4.78 is 46.8. The SMILES string of the molecule is CC(C)(C)OC(=O)NCC1CCc2cc(O)c(N3CC(=O)NS3(=O)=O)c(F)c2C1. The summed E-state index contributed by atoms with van der Waals surface area (Å²) in [5.41, 5.74) is -0.320. The number of ether oxygens (including phenoxy) is 1. The highest BCUT2D eigenvalue weighted by Crippen LogP contribution is 2.40. The molecule has 2 aliphatic rings. The number of aryl methyl sites for hydroxylation is 1. The second kappa shape index (κ2) is 7.36. The molecular formula is C18H24FN3O6S. The minimum atomic E-state index is -4.25. The van der Waals surface area contributed by atoms with Gasteiger partial charge in [-0.25, -0.2) is 18.2 Å². The number of rotatable bonds is 3. The molecule has 11 heteroatoms. The van der Waals surface area contributed by atoms with Crippen LogP contribution in [0.5, 0.6) is 5.75 Å². The van der Waals surface area contributed by atoms with Crippen LogP contribution in [0.2, 0.25) is 0 Å². The number of phenolic OH excluding ortho intramolecular Hbond substituents is 1. The molecule has 1 aliphatic carbocycles. The summed E-state index contributed by atoms with van der Waals surface area (Å²) in [5, 5.41) is 12.9. The number of benzene rings is 1. The van der Waals surface area contributed by atoms with Crippen molar-refractivity contribution in [2.45, 2.75) is 45.6 Å². The van der Waals surface area contributed by atoms with E-state index < -0.39 is 51.6 Å². The van der Waals surface area contributed by atoms with Gasteiger partial charge in [-0.1, -0.05) is 0 Å². The van der Waals surface area contributed by atoms with E-state index in [4.69, 9.17) is 4.74 Å². The fourth-order valence-corrected chi connectivity index (χ4v) is 4.67. The van der Waals surface area contributed by atoms with Crippen LogP contribution in [0.1, 0.15) is 38.3 Å². The molecular weight excluding hydrogens is 405 g/mol. The van der Waals surface area contributed by atoms with Gasteiger partial charge in [-0.3, -0.25) is 4.79 Å². The van der Waals surface area contributed by atoms with Crippen molar-refractivity contribution in [3.8, 4) is 5.75 Å². The third kappa shape index (κ3) is 4.55. The Morgan fingerprint density at radius 3 is 2.72 bits per heavy atom. The van der Waals surface area contributed by atoms with Crippen LogP contribution in [0, 0.1) is 11.7 Å². The Hall–Kier alpha value is -2.56. The van der Waals surface area contributed by atoms with Crippen molar-refractivity contribution in [2.24, 2.45) is 5.92 Å². The predicted molar refractivity (Wildman–Crippen MR) is 102 cm³/mol. The fraction of sp³-hybridized carbons (Fsp3) is 0.556. The van der Waals surface area contributed by atoms with E-state index in [1.165, 1.54) is 6.07 Å². The number of nitrogens with one attached hydrogen (secondary N) is 2. The molecule has 3 N–H and O–H groups in total. The first-order chi connectivity index (χ1) is 13.4. The smallest absolute Gasteiger partial charge is 0.407 e. The molecule has 160 valence electrons. The highest BCUT2D eigenvalue weighted by molar-refractivity contribution is 7.92. The van der Waals surface area contributed by atoms with E-state index in [1.54, 1.807) is 25.5 Å². The number of phenols is 1. The molecule has 0 saturated carbocycles. The number of carbonyl (C=O) groups excluding carboxylic acids is 2. The molecule has 0 radical (unpaired) electrons. The Labute approximate surface area is 168 Å². The van der Waals surface area contributed by atoms with Crippen molar-refractivity contribution < 1.29 is 32.2 Å². The van der Waals surface area contributed by atoms with Crippen LogP contribution in [0.3, 0.4) is 0 Å². The lowest BCUT2D eigenvalue weighted by Crippen LogP contribution is -2.37. The zero-order chi connectivity index (χ0) is 21.6. The van der Waals surface area contributed by atoms with Gasteiger partial charge >= 0.3 is 16.3 Å². The van der Waals surface area contributed by atoms with Gasteiger partial charge in [0.2, 0.25) is 0 Å². The van der Waals surface area contributed by atoms with Gasteiger partial charge in [0, 0.05) is 6.54 Å². The maximum atomic E-state index is 15.2. The van der Waals surface area contributed by atoms with Crippen LogP contribution >= 0.6 is 0 Å². The Bertz CT molecular complexity index is 957. The molecule has 1 atom stereocenters. The van der Waals surface area contributed by atoms with Gasteiger partial charge in [0.15, 0.2) is 5.82 Å². The van der Waals surface area contributed by atoms with Gasteiger partial charge in [-0.15, -0.1) is 0 Å². The van der Waals surface area contributed by atoms with Crippen LogP contribution in [-0.4, -0.2) is 44.2 Å². The van der Waals surface area contributed by atoms with E-state index in [0.717, 1.165) is 0 Å². The van der Waals surface area contributed by atoms with Crippen molar-refractivity contribution in [3.63, 3.8) is 0 Å². The first-order valence-corrected chi connectivity index (χ1v) is 10.6. The summed E-state index contributed by atoms with van der Waals surface area (Å²) in [7, 11) is -4.25. The highest BCUT2D eigenvalue weighted by atomic mass is 32.2. The van der Waals surface area contributed by atoms with Crippen molar-refractivity contribution in [3.05, 3.63) is 23.0 Å². The second-order valence-electron chi connectivity index (χ2n) is 8.22. The summed E-state index contributed by atoms with van der Waals surface area (Å²) in [6, 6.07) is 1.34. The van der Waals surface area contributed by atoms with Gasteiger partial charge in [0.1, 0.15) is 23.6 Å². The number of alkyl carbamates (subject to hydrolysis) is 1. The average Bonchev–Trinajstić information content (AvgIpc) is 2.84. The van der Waals surface area contributed by atoms with Gasteiger partial charge in [-0.05, 0) is 63.1 Å². The number of fused-ring (bicyclic) bond motifs is 1. The third-order valence-corrected chi connectivity index (χ3v) is 6.11. The maximum absolute atomic E-state index is 15.2. The molecule has 2 amide bonds. The molecule has 1 aliphatic heterocycles. The number of halogens is 1. The molecule has 0 spiro atoms. The van der Waals surface area contributed by atoms with Crippen LogP contribution in [-0.2, 0) is 32.6 Å². The van der Waals surface area contributed by atoms with Crippen molar-refractivity contribution in [2.75, 3.05) is 17.4 Å².